The molecule has 1 amide bonds. The molecule has 1 N–H and O–H groups in total. The van der Waals surface area contributed by atoms with Crippen LogP contribution in [0.4, 0.5) is 0 Å². The van der Waals surface area contributed by atoms with E-state index in [1.807, 2.05) is 30.3 Å². The second-order valence-corrected chi connectivity index (χ2v) is 8.93. The molecular weight excluding hydrogens is 350 g/mol. The largest absolute Gasteiger partial charge is 0.491 e. The van der Waals surface area contributed by atoms with Crippen molar-refractivity contribution in [2.75, 3.05) is 12.4 Å². The number of carbonyl (C=O) groups excluding carboxylic acids is 1. The van der Waals surface area contributed by atoms with Crippen LogP contribution in [0.5, 0.6) is 5.75 Å². The Morgan fingerprint density at radius 2 is 1.92 bits per heavy atom. The number of carbonyl (C=O) groups is 1. The van der Waals surface area contributed by atoms with Crippen LogP contribution in [-0.4, -0.2) is 26.7 Å². The second kappa shape index (κ2) is 6.76. The van der Waals surface area contributed by atoms with Gasteiger partial charge >= 0.3 is 0 Å². The lowest BCUT2D eigenvalue weighted by Gasteiger charge is -2.12. The molecule has 2 aromatic rings. The minimum absolute atomic E-state index is 0.0575. The van der Waals surface area contributed by atoms with Crippen LogP contribution in [0.3, 0.4) is 0 Å². The highest BCUT2D eigenvalue weighted by Gasteiger charge is 2.26. The maximum atomic E-state index is 12.6. The first-order chi connectivity index (χ1) is 12.5. The number of rotatable bonds is 5. The highest BCUT2D eigenvalue weighted by atomic mass is 32.2. The summed E-state index contributed by atoms with van der Waals surface area (Å²) in [6.45, 7) is 0.378. The lowest BCUT2D eigenvalue weighted by atomic mass is 10.1. The van der Waals surface area contributed by atoms with Crippen LogP contribution >= 0.6 is 0 Å². The minimum Gasteiger partial charge on any atom is -0.491 e. The van der Waals surface area contributed by atoms with Gasteiger partial charge in [0.1, 0.15) is 12.4 Å². The first-order valence-electron chi connectivity index (χ1n) is 8.88. The van der Waals surface area contributed by atoms with Gasteiger partial charge in [0.05, 0.1) is 16.7 Å². The lowest BCUT2D eigenvalue weighted by Crippen LogP contribution is -2.30. The van der Waals surface area contributed by atoms with Crippen molar-refractivity contribution >= 4 is 15.7 Å². The maximum Gasteiger partial charge on any atom is 0.221 e. The van der Waals surface area contributed by atoms with Gasteiger partial charge in [-0.05, 0) is 48.6 Å². The molecule has 2 aromatic carbocycles. The van der Waals surface area contributed by atoms with Crippen molar-refractivity contribution in [2.45, 2.75) is 36.6 Å². The Balaban J connectivity index is 1.38. The molecule has 1 aliphatic carbocycles. The number of benzene rings is 2. The summed E-state index contributed by atoms with van der Waals surface area (Å²) in [6, 6.07) is 12.7. The Morgan fingerprint density at radius 1 is 1.12 bits per heavy atom. The Kier molecular flexibility index (Phi) is 4.44. The molecule has 0 fully saturated rings. The van der Waals surface area contributed by atoms with Gasteiger partial charge in [0.15, 0.2) is 9.84 Å². The summed E-state index contributed by atoms with van der Waals surface area (Å²) in [5.41, 5.74) is 3.29. The van der Waals surface area contributed by atoms with Gasteiger partial charge in [0, 0.05) is 12.0 Å². The summed E-state index contributed by atoms with van der Waals surface area (Å²) >= 11 is 0. The van der Waals surface area contributed by atoms with Crippen LogP contribution in [0.1, 0.15) is 35.6 Å². The number of aryl methyl sites for hydroxylation is 2. The molecule has 0 aromatic heterocycles. The van der Waals surface area contributed by atoms with E-state index in [9.17, 15) is 13.2 Å². The van der Waals surface area contributed by atoms with Gasteiger partial charge in [-0.2, -0.15) is 0 Å². The summed E-state index contributed by atoms with van der Waals surface area (Å²) in [6.07, 6.45) is 2.97. The third-order valence-electron chi connectivity index (χ3n) is 5.06. The predicted octanol–water partition coefficient (Wildman–Crippen LogP) is 2.59. The van der Waals surface area contributed by atoms with Crippen molar-refractivity contribution < 1.29 is 17.9 Å². The number of fused-ring (bicyclic) bond motifs is 2. The molecule has 5 nitrogen and oxygen atoms in total. The van der Waals surface area contributed by atoms with Gasteiger partial charge in [-0.1, -0.05) is 24.3 Å². The van der Waals surface area contributed by atoms with Gasteiger partial charge in [-0.25, -0.2) is 8.42 Å². The van der Waals surface area contributed by atoms with E-state index in [0.717, 1.165) is 36.1 Å². The number of nitrogens with one attached hydrogen (secondary N) is 1. The smallest absolute Gasteiger partial charge is 0.221 e. The Bertz CT molecular complexity index is 952. The van der Waals surface area contributed by atoms with Crippen LogP contribution in [-0.2, 0) is 27.5 Å². The zero-order chi connectivity index (χ0) is 18.1. The number of hydrogen-bond donors (Lipinski definition) is 1. The fraction of sp³-hybridized carbons (Fsp3) is 0.350. The Labute approximate surface area is 153 Å². The predicted molar refractivity (Wildman–Crippen MR) is 98.0 cm³/mol. The van der Waals surface area contributed by atoms with E-state index < -0.39 is 9.84 Å². The van der Waals surface area contributed by atoms with Gasteiger partial charge < -0.3 is 10.1 Å². The van der Waals surface area contributed by atoms with E-state index in [1.54, 1.807) is 12.1 Å². The average Bonchev–Trinajstić information content (AvgIpc) is 3.27. The molecule has 136 valence electrons. The van der Waals surface area contributed by atoms with Crippen LogP contribution in [0.2, 0.25) is 0 Å². The van der Waals surface area contributed by atoms with Crippen LogP contribution in [0.15, 0.2) is 47.4 Å². The normalized spacial score (nSPS) is 18.1. The molecule has 0 bridgehead atoms. The minimum atomic E-state index is -3.46. The van der Waals surface area contributed by atoms with E-state index in [1.165, 1.54) is 5.56 Å². The maximum absolute atomic E-state index is 12.6. The van der Waals surface area contributed by atoms with Crippen molar-refractivity contribution in [3.8, 4) is 5.75 Å². The topological polar surface area (TPSA) is 72.5 Å². The summed E-state index contributed by atoms with van der Waals surface area (Å²) in [4.78, 5) is 12.6. The van der Waals surface area contributed by atoms with Gasteiger partial charge in [0.2, 0.25) is 5.91 Å². The van der Waals surface area contributed by atoms with Gasteiger partial charge in [0.25, 0.3) is 0 Å². The van der Waals surface area contributed by atoms with Crippen molar-refractivity contribution in [1.82, 2.24) is 5.32 Å². The molecule has 0 saturated heterocycles. The zero-order valence-corrected chi connectivity index (χ0v) is 15.2. The third kappa shape index (κ3) is 3.33. The van der Waals surface area contributed by atoms with Crippen molar-refractivity contribution in [3.05, 3.63) is 59.2 Å². The molecular formula is C20H21NO4S. The average molecular weight is 371 g/mol. The first kappa shape index (κ1) is 17.1. The van der Waals surface area contributed by atoms with Crippen LogP contribution in [0.25, 0.3) is 0 Å². The summed E-state index contributed by atoms with van der Waals surface area (Å²) in [5.74, 6) is 0.302. The monoisotopic (exact) mass is 371 g/mol. The van der Waals surface area contributed by atoms with Crippen molar-refractivity contribution in [2.24, 2.45) is 0 Å². The zero-order valence-electron chi connectivity index (χ0n) is 14.4. The van der Waals surface area contributed by atoms with Crippen molar-refractivity contribution in [3.63, 3.8) is 0 Å². The van der Waals surface area contributed by atoms with Crippen LogP contribution < -0.4 is 10.1 Å². The lowest BCUT2D eigenvalue weighted by molar-refractivity contribution is -0.121. The summed E-state index contributed by atoms with van der Waals surface area (Å²) in [5, 5.41) is 2.87. The van der Waals surface area contributed by atoms with Crippen LogP contribution in [0, 0.1) is 0 Å². The molecule has 0 saturated carbocycles. The molecule has 2 aliphatic rings. The SMILES string of the molecule is O=C(CCS(=O)(=O)c1ccc2c(c1)CCC2)N[C@H]1COc2ccccc21. The van der Waals surface area contributed by atoms with E-state index in [4.69, 9.17) is 4.74 Å². The molecule has 0 unspecified atom stereocenters. The molecule has 26 heavy (non-hydrogen) atoms. The number of amides is 1. The highest BCUT2D eigenvalue weighted by molar-refractivity contribution is 7.91. The number of sulfone groups is 1. The molecule has 1 aliphatic heterocycles. The molecule has 0 spiro atoms. The van der Waals surface area contributed by atoms with E-state index in [2.05, 4.69) is 5.32 Å². The van der Waals surface area contributed by atoms with E-state index in [-0.39, 0.29) is 24.1 Å². The molecule has 1 atom stereocenters. The summed E-state index contributed by atoms with van der Waals surface area (Å²) in [7, 11) is -3.46. The first-order valence-corrected chi connectivity index (χ1v) is 10.5. The number of para-hydroxylation sites is 1. The Hall–Kier alpha value is -2.34. The van der Waals surface area contributed by atoms with Crippen molar-refractivity contribution in [1.29, 1.82) is 0 Å². The van der Waals surface area contributed by atoms with E-state index in [0.29, 0.717) is 11.5 Å². The summed E-state index contributed by atoms with van der Waals surface area (Å²) < 4.78 is 30.7. The molecule has 0 radical (unpaired) electrons. The molecule has 4 rings (SSSR count). The highest BCUT2D eigenvalue weighted by Crippen LogP contribution is 2.31. The fourth-order valence-electron chi connectivity index (χ4n) is 3.64. The number of hydrogen-bond acceptors (Lipinski definition) is 4. The molecule has 1 heterocycles. The van der Waals surface area contributed by atoms with Gasteiger partial charge in [-0.3, -0.25) is 4.79 Å². The quantitative estimate of drug-likeness (QED) is 0.877. The second-order valence-electron chi connectivity index (χ2n) is 6.82. The third-order valence-corrected chi connectivity index (χ3v) is 6.78. The standard InChI is InChI=1S/C20H21NO4S/c22-20(21-18-13-25-19-7-2-1-6-17(18)19)10-11-26(23,24)16-9-8-14-4-3-5-15(14)12-16/h1-2,6-9,12,18H,3-5,10-11,13H2,(H,21,22)/t18-/m0/s1. The van der Waals surface area contributed by atoms with E-state index >= 15 is 0 Å². The number of ether oxygens (including phenoxy) is 1. The Morgan fingerprint density at radius 3 is 2.81 bits per heavy atom. The molecule has 6 heteroatoms. The van der Waals surface area contributed by atoms with Gasteiger partial charge in [-0.15, -0.1) is 0 Å². The fourth-order valence-corrected chi connectivity index (χ4v) is 4.92.